The van der Waals surface area contributed by atoms with Crippen LogP contribution in [0.25, 0.3) is 0 Å². The Morgan fingerprint density at radius 3 is 2.68 bits per heavy atom. The van der Waals surface area contributed by atoms with E-state index in [0.29, 0.717) is 37.1 Å². The van der Waals surface area contributed by atoms with E-state index in [4.69, 9.17) is 9.47 Å². The lowest BCUT2D eigenvalue weighted by Gasteiger charge is -2.16. The van der Waals surface area contributed by atoms with Crippen LogP contribution >= 0.6 is 11.8 Å². The van der Waals surface area contributed by atoms with Crippen LogP contribution in [0.1, 0.15) is 6.42 Å². The Bertz CT molecular complexity index is 567. The minimum atomic E-state index is -3.41. The highest BCUT2D eigenvalue weighted by molar-refractivity contribution is 8.00. The maximum absolute atomic E-state index is 12.4. The third-order valence-electron chi connectivity index (χ3n) is 3.08. The molecule has 0 aliphatic carbocycles. The molecule has 5 nitrogen and oxygen atoms in total. The highest BCUT2D eigenvalue weighted by atomic mass is 32.2. The third kappa shape index (κ3) is 2.54. The number of ether oxygens (including phenoxy) is 2. The Balaban J connectivity index is 1.95. The van der Waals surface area contributed by atoms with Crippen molar-refractivity contribution in [2.75, 3.05) is 31.4 Å². The van der Waals surface area contributed by atoms with Gasteiger partial charge in [-0.25, -0.2) is 8.42 Å². The number of hydrogen-bond donors (Lipinski definition) is 0. The van der Waals surface area contributed by atoms with Crippen molar-refractivity contribution in [2.24, 2.45) is 0 Å². The largest absolute Gasteiger partial charge is 0.490 e. The summed E-state index contributed by atoms with van der Waals surface area (Å²) in [5.41, 5.74) is 0. The van der Waals surface area contributed by atoms with Gasteiger partial charge in [0, 0.05) is 24.8 Å². The number of fused-ring (bicyclic) bond motifs is 1. The van der Waals surface area contributed by atoms with Gasteiger partial charge in [-0.2, -0.15) is 4.31 Å². The summed E-state index contributed by atoms with van der Waals surface area (Å²) in [5.74, 6) is 2.51. The molecule has 1 fully saturated rings. The molecule has 0 unspecified atom stereocenters. The average molecular weight is 301 g/mol. The molecule has 0 bridgehead atoms. The van der Waals surface area contributed by atoms with Gasteiger partial charge in [0.1, 0.15) is 0 Å². The zero-order valence-electron chi connectivity index (χ0n) is 10.4. The first-order chi connectivity index (χ1) is 9.18. The van der Waals surface area contributed by atoms with E-state index in [1.54, 1.807) is 30.0 Å². The molecule has 2 heterocycles. The van der Waals surface area contributed by atoms with E-state index in [0.717, 1.165) is 12.2 Å². The van der Waals surface area contributed by atoms with Gasteiger partial charge in [-0.05, 0) is 12.1 Å². The second-order valence-electron chi connectivity index (χ2n) is 4.38. The van der Waals surface area contributed by atoms with Crippen LogP contribution in [0.15, 0.2) is 23.1 Å². The van der Waals surface area contributed by atoms with Crippen molar-refractivity contribution in [2.45, 2.75) is 11.3 Å². The topological polar surface area (TPSA) is 55.8 Å². The second-order valence-corrected chi connectivity index (χ2v) is 7.39. The van der Waals surface area contributed by atoms with Crippen molar-refractivity contribution in [1.29, 1.82) is 0 Å². The van der Waals surface area contributed by atoms with E-state index in [9.17, 15) is 8.42 Å². The van der Waals surface area contributed by atoms with Crippen LogP contribution in [-0.2, 0) is 10.0 Å². The fourth-order valence-corrected chi connectivity index (χ4v) is 4.87. The maximum Gasteiger partial charge on any atom is 0.243 e. The van der Waals surface area contributed by atoms with Crippen molar-refractivity contribution in [1.82, 2.24) is 4.31 Å². The second kappa shape index (κ2) is 5.22. The summed E-state index contributed by atoms with van der Waals surface area (Å²) in [6, 6.07) is 4.83. The molecule has 0 saturated carbocycles. The number of sulfonamides is 1. The van der Waals surface area contributed by atoms with Crippen LogP contribution in [0.5, 0.6) is 11.5 Å². The van der Waals surface area contributed by atoms with Gasteiger partial charge in [0.15, 0.2) is 11.5 Å². The fourth-order valence-electron chi connectivity index (χ4n) is 2.04. The predicted molar refractivity (Wildman–Crippen MR) is 73.3 cm³/mol. The molecule has 0 aromatic heterocycles. The third-order valence-corrected chi connectivity index (χ3v) is 6.05. The molecule has 1 aromatic carbocycles. The molecule has 3 rings (SSSR count). The van der Waals surface area contributed by atoms with E-state index in [2.05, 4.69) is 0 Å². The van der Waals surface area contributed by atoms with Gasteiger partial charge in [0.25, 0.3) is 0 Å². The molecule has 0 spiro atoms. The van der Waals surface area contributed by atoms with Gasteiger partial charge in [-0.1, -0.05) is 0 Å². The van der Waals surface area contributed by atoms with Crippen molar-refractivity contribution in [3.63, 3.8) is 0 Å². The van der Waals surface area contributed by atoms with Crippen LogP contribution in [0.4, 0.5) is 0 Å². The normalized spacial score (nSPS) is 20.2. The lowest BCUT2D eigenvalue weighted by molar-refractivity contribution is 0.297. The van der Waals surface area contributed by atoms with Crippen molar-refractivity contribution in [3.8, 4) is 11.5 Å². The molecule has 0 atom stereocenters. The summed E-state index contributed by atoms with van der Waals surface area (Å²) in [5, 5.41) is 0. The zero-order chi connectivity index (χ0) is 13.3. The molecule has 0 N–H and O–H groups in total. The van der Waals surface area contributed by atoms with Crippen LogP contribution in [0.3, 0.4) is 0 Å². The number of thioether (sulfide) groups is 1. The minimum Gasteiger partial charge on any atom is -0.490 e. The number of hydrogen-bond acceptors (Lipinski definition) is 5. The number of rotatable bonds is 2. The highest BCUT2D eigenvalue weighted by Crippen LogP contribution is 2.33. The predicted octanol–water partition coefficient (Wildman–Crippen LogP) is 1.54. The van der Waals surface area contributed by atoms with Crippen LogP contribution in [0, 0.1) is 0 Å². The van der Waals surface area contributed by atoms with Crippen LogP contribution < -0.4 is 9.47 Å². The van der Waals surface area contributed by atoms with Gasteiger partial charge < -0.3 is 9.47 Å². The first-order valence-electron chi connectivity index (χ1n) is 6.15. The first-order valence-corrected chi connectivity index (χ1v) is 8.75. The van der Waals surface area contributed by atoms with E-state index in [-0.39, 0.29) is 4.90 Å². The van der Waals surface area contributed by atoms with Gasteiger partial charge in [0.2, 0.25) is 10.0 Å². The molecule has 0 amide bonds. The molecule has 1 saturated heterocycles. The summed E-state index contributed by atoms with van der Waals surface area (Å²) >= 11 is 1.63. The average Bonchev–Trinajstić information content (AvgIpc) is 2.85. The Morgan fingerprint density at radius 1 is 1.16 bits per heavy atom. The van der Waals surface area contributed by atoms with Gasteiger partial charge >= 0.3 is 0 Å². The number of nitrogens with zero attached hydrogens (tertiary/aromatic N) is 1. The standard InChI is InChI=1S/C12H15NO4S2/c14-19(15,13-4-7-18-9-13)10-2-3-11-12(8-10)17-6-1-5-16-11/h2-3,8H,1,4-7,9H2. The molecule has 104 valence electrons. The summed E-state index contributed by atoms with van der Waals surface area (Å²) in [6.07, 6.45) is 0.805. The van der Waals surface area contributed by atoms with Crippen molar-refractivity contribution in [3.05, 3.63) is 18.2 Å². The van der Waals surface area contributed by atoms with E-state index in [1.807, 2.05) is 0 Å². The molecule has 2 aliphatic heterocycles. The van der Waals surface area contributed by atoms with Gasteiger partial charge in [-0.15, -0.1) is 11.8 Å². The van der Waals surface area contributed by atoms with Gasteiger partial charge in [0.05, 0.1) is 24.0 Å². The minimum absolute atomic E-state index is 0.277. The lowest BCUT2D eigenvalue weighted by Crippen LogP contribution is -2.28. The Hall–Kier alpha value is -0.920. The summed E-state index contributed by atoms with van der Waals surface area (Å²) in [4.78, 5) is 0.277. The Kier molecular flexibility index (Phi) is 3.60. The smallest absolute Gasteiger partial charge is 0.243 e. The van der Waals surface area contributed by atoms with Gasteiger partial charge in [-0.3, -0.25) is 0 Å². The van der Waals surface area contributed by atoms with E-state index >= 15 is 0 Å². The monoisotopic (exact) mass is 301 g/mol. The molecule has 19 heavy (non-hydrogen) atoms. The summed E-state index contributed by atoms with van der Waals surface area (Å²) in [6.45, 7) is 1.72. The fraction of sp³-hybridized carbons (Fsp3) is 0.500. The molecular weight excluding hydrogens is 286 g/mol. The Morgan fingerprint density at radius 2 is 1.95 bits per heavy atom. The van der Waals surface area contributed by atoms with Crippen molar-refractivity contribution < 1.29 is 17.9 Å². The number of benzene rings is 1. The zero-order valence-corrected chi connectivity index (χ0v) is 12.0. The summed E-state index contributed by atoms with van der Waals surface area (Å²) in [7, 11) is -3.41. The van der Waals surface area contributed by atoms with E-state index in [1.165, 1.54) is 4.31 Å². The Labute approximate surface area is 116 Å². The SMILES string of the molecule is O=S(=O)(c1ccc2c(c1)OCCCO2)N1CCSC1. The van der Waals surface area contributed by atoms with E-state index < -0.39 is 10.0 Å². The molecule has 2 aliphatic rings. The van der Waals surface area contributed by atoms with Crippen LogP contribution in [-0.4, -0.2) is 44.1 Å². The van der Waals surface area contributed by atoms with Crippen molar-refractivity contribution >= 4 is 21.8 Å². The lowest BCUT2D eigenvalue weighted by atomic mass is 10.3. The molecular formula is C12H15NO4S2. The maximum atomic E-state index is 12.4. The summed E-state index contributed by atoms with van der Waals surface area (Å²) < 4.78 is 37.4. The highest BCUT2D eigenvalue weighted by Gasteiger charge is 2.28. The molecule has 7 heteroatoms. The quantitative estimate of drug-likeness (QED) is 0.829. The van der Waals surface area contributed by atoms with Crippen LogP contribution in [0.2, 0.25) is 0 Å². The first kappa shape index (κ1) is 13.1. The molecule has 0 radical (unpaired) electrons. The molecule has 1 aromatic rings.